The van der Waals surface area contributed by atoms with Crippen LogP contribution in [-0.2, 0) is 0 Å². The molecule has 0 unspecified atom stereocenters. The van der Waals surface area contributed by atoms with Gasteiger partial charge in [-0.3, -0.25) is 4.79 Å². The Morgan fingerprint density at radius 3 is 2.65 bits per heavy atom. The van der Waals surface area contributed by atoms with Gasteiger partial charge in [-0.2, -0.15) is 4.39 Å². The Morgan fingerprint density at radius 2 is 1.95 bits per heavy atom. The van der Waals surface area contributed by atoms with Gasteiger partial charge < -0.3 is 10.6 Å². The molecule has 2 aromatic rings. The summed E-state index contributed by atoms with van der Waals surface area (Å²) in [6, 6.07) is 10.3. The van der Waals surface area contributed by atoms with Gasteiger partial charge in [0, 0.05) is 36.6 Å². The Hall–Kier alpha value is -2.43. The summed E-state index contributed by atoms with van der Waals surface area (Å²) in [6.45, 7) is 2.94. The molecule has 4 nitrogen and oxygen atoms in total. The first-order valence-corrected chi connectivity index (χ1v) is 6.35. The highest BCUT2D eigenvalue weighted by Crippen LogP contribution is 2.05. The van der Waals surface area contributed by atoms with Crippen LogP contribution < -0.4 is 10.6 Å². The normalized spacial score (nSPS) is 10.1. The molecule has 1 aromatic heterocycles. The van der Waals surface area contributed by atoms with Crippen LogP contribution in [0.4, 0.5) is 10.1 Å². The average Bonchev–Trinajstić information content (AvgIpc) is 2.44. The highest BCUT2D eigenvalue weighted by atomic mass is 19.1. The van der Waals surface area contributed by atoms with Crippen LogP contribution in [0.1, 0.15) is 15.9 Å². The predicted molar refractivity (Wildman–Crippen MR) is 76.2 cm³/mol. The Labute approximate surface area is 117 Å². The van der Waals surface area contributed by atoms with E-state index in [0.29, 0.717) is 24.3 Å². The summed E-state index contributed by atoms with van der Waals surface area (Å²) in [7, 11) is 0. The third kappa shape index (κ3) is 4.05. The first-order chi connectivity index (χ1) is 9.65. The number of carbonyl (C=O) groups is 1. The molecule has 0 fully saturated rings. The third-order valence-corrected chi connectivity index (χ3v) is 2.78. The van der Waals surface area contributed by atoms with Crippen molar-refractivity contribution >= 4 is 11.6 Å². The van der Waals surface area contributed by atoms with Crippen LogP contribution in [0.2, 0.25) is 0 Å². The first-order valence-electron chi connectivity index (χ1n) is 6.35. The summed E-state index contributed by atoms with van der Waals surface area (Å²) in [5.74, 6) is -0.647. The fraction of sp³-hybridized carbons (Fsp3) is 0.200. The van der Waals surface area contributed by atoms with Gasteiger partial charge in [0.05, 0.1) is 0 Å². The molecule has 0 radical (unpaired) electrons. The van der Waals surface area contributed by atoms with Gasteiger partial charge in [0.1, 0.15) is 0 Å². The average molecular weight is 273 g/mol. The second kappa shape index (κ2) is 6.65. The molecule has 5 heteroatoms. The van der Waals surface area contributed by atoms with Gasteiger partial charge in [0.2, 0.25) is 5.95 Å². The van der Waals surface area contributed by atoms with Crippen molar-refractivity contribution in [3.8, 4) is 0 Å². The topological polar surface area (TPSA) is 54.0 Å². The van der Waals surface area contributed by atoms with E-state index in [4.69, 9.17) is 0 Å². The minimum absolute atomic E-state index is 0.118. The van der Waals surface area contributed by atoms with Gasteiger partial charge in [-0.15, -0.1) is 0 Å². The van der Waals surface area contributed by atoms with Crippen molar-refractivity contribution in [2.24, 2.45) is 0 Å². The third-order valence-electron chi connectivity index (χ3n) is 2.78. The van der Waals surface area contributed by atoms with Crippen LogP contribution in [0.5, 0.6) is 0 Å². The Bertz CT molecular complexity index is 584. The molecule has 1 heterocycles. The number of carbonyl (C=O) groups excluding carboxylic acids is 1. The van der Waals surface area contributed by atoms with Crippen molar-refractivity contribution in [3.05, 3.63) is 59.7 Å². The summed E-state index contributed by atoms with van der Waals surface area (Å²) in [5, 5.41) is 5.80. The molecule has 0 spiro atoms. The lowest BCUT2D eigenvalue weighted by Gasteiger charge is -2.08. The number of halogens is 1. The number of hydrogen-bond donors (Lipinski definition) is 2. The number of aryl methyl sites for hydroxylation is 1. The second-order valence-electron chi connectivity index (χ2n) is 4.42. The Balaban J connectivity index is 1.76. The lowest BCUT2D eigenvalue weighted by molar-refractivity contribution is 0.0955. The molecule has 1 amide bonds. The fourth-order valence-electron chi connectivity index (χ4n) is 1.70. The second-order valence-corrected chi connectivity index (χ2v) is 4.42. The lowest BCUT2D eigenvalue weighted by atomic mass is 10.1. The number of nitrogens with zero attached hydrogens (tertiary/aromatic N) is 1. The molecule has 0 aliphatic carbocycles. The molecule has 104 valence electrons. The Morgan fingerprint density at radius 1 is 1.20 bits per heavy atom. The molecule has 20 heavy (non-hydrogen) atoms. The van der Waals surface area contributed by atoms with Crippen molar-refractivity contribution < 1.29 is 9.18 Å². The van der Waals surface area contributed by atoms with Crippen molar-refractivity contribution in [1.29, 1.82) is 0 Å². The number of rotatable bonds is 5. The number of anilines is 1. The van der Waals surface area contributed by atoms with E-state index in [1.165, 1.54) is 12.3 Å². The van der Waals surface area contributed by atoms with E-state index in [-0.39, 0.29) is 5.91 Å². The van der Waals surface area contributed by atoms with Crippen LogP contribution >= 0.6 is 0 Å². The maximum Gasteiger partial charge on any atom is 0.251 e. The van der Waals surface area contributed by atoms with E-state index in [2.05, 4.69) is 15.6 Å². The maximum absolute atomic E-state index is 12.8. The zero-order valence-corrected chi connectivity index (χ0v) is 11.2. The predicted octanol–water partition coefficient (Wildman–Crippen LogP) is 2.37. The standard InChI is InChI=1S/C15H16FN3O/c1-11-2-4-12(5-3-11)15(20)19-9-8-17-13-6-7-18-14(16)10-13/h2-7,10H,8-9H2,1H3,(H,17,18)(H,19,20). The highest BCUT2D eigenvalue weighted by molar-refractivity contribution is 5.94. The molecule has 2 rings (SSSR count). The van der Waals surface area contributed by atoms with E-state index < -0.39 is 5.95 Å². The van der Waals surface area contributed by atoms with Gasteiger partial charge in [0.25, 0.3) is 5.91 Å². The van der Waals surface area contributed by atoms with Crippen LogP contribution in [0.15, 0.2) is 42.6 Å². The van der Waals surface area contributed by atoms with Gasteiger partial charge in [-0.1, -0.05) is 17.7 Å². The smallest absolute Gasteiger partial charge is 0.251 e. The molecular formula is C15H16FN3O. The highest BCUT2D eigenvalue weighted by Gasteiger charge is 2.03. The van der Waals surface area contributed by atoms with Crippen molar-refractivity contribution in [2.45, 2.75) is 6.92 Å². The summed E-state index contributed by atoms with van der Waals surface area (Å²) in [4.78, 5) is 15.3. The molecule has 0 saturated carbocycles. The summed E-state index contributed by atoms with van der Waals surface area (Å²) < 4.78 is 12.8. The number of hydrogen-bond acceptors (Lipinski definition) is 3. The zero-order valence-electron chi connectivity index (χ0n) is 11.2. The van der Waals surface area contributed by atoms with Gasteiger partial charge in [0.15, 0.2) is 0 Å². The molecule has 0 atom stereocenters. The summed E-state index contributed by atoms with van der Waals surface area (Å²) in [6.07, 6.45) is 1.39. The number of aromatic nitrogens is 1. The largest absolute Gasteiger partial charge is 0.383 e. The molecule has 0 saturated heterocycles. The fourth-order valence-corrected chi connectivity index (χ4v) is 1.70. The van der Waals surface area contributed by atoms with E-state index in [1.807, 2.05) is 19.1 Å². The van der Waals surface area contributed by atoms with Gasteiger partial charge in [-0.25, -0.2) is 4.98 Å². The van der Waals surface area contributed by atoms with Crippen LogP contribution in [0, 0.1) is 12.9 Å². The monoisotopic (exact) mass is 273 g/mol. The van der Waals surface area contributed by atoms with Crippen LogP contribution in [0.3, 0.4) is 0 Å². The van der Waals surface area contributed by atoms with Crippen molar-refractivity contribution in [2.75, 3.05) is 18.4 Å². The summed E-state index contributed by atoms with van der Waals surface area (Å²) in [5.41, 5.74) is 2.38. The molecule has 1 aromatic carbocycles. The van der Waals surface area contributed by atoms with E-state index in [0.717, 1.165) is 5.56 Å². The molecule has 0 bridgehead atoms. The molecule has 0 aliphatic rings. The van der Waals surface area contributed by atoms with Gasteiger partial charge >= 0.3 is 0 Å². The quantitative estimate of drug-likeness (QED) is 0.649. The zero-order chi connectivity index (χ0) is 14.4. The Kier molecular flexibility index (Phi) is 4.65. The van der Waals surface area contributed by atoms with Crippen LogP contribution in [-0.4, -0.2) is 24.0 Å². The molecule has 0 aliphatic heterocycles. The van der Waals surface area contributed by atoms with Gasteiger partial charge in [-0.05, 0) is 25.1 Å². The minimum Gasteiger partial charge on any atom is -0.383 e. The minimum atomic E-state index is -0.529. The summed E-state index contributed by atoms with van der Waals surface area (Å²) >= 11 is 0. The maximum atomic E-state index is 12.8. The number of benzene rings is 1. The van der Waals surface area contributed by atoms with Crippen molar-refractivity contribution in [1.82, 2.24) is 10.3 Å². The number of nitrogens with one attached hydrogen (secondary N) is 2. The molecular weight excluding hydrogens is 257 g/mol. The number of amides is 1. The van der Waals surface area contributed by atoms with Crippen molar-refractivity contribution in [3.63, 3.8) is 0 Å². The SMILES string of the molecule is Cc1ccc(C(=O)NCCNc2ccnc(F)c2)cc1. The van der Waals surface area contributed by atoms with E-state index in [1.54, 1.807) is 18.2 Å². The van der Waals surface area contributed by atoms with E-state index >= 15 is 0 Å². The molecule has 2 N–H and O–H groups in total. The van der Waals surface area contributed by atoms with E-state index in [9.17, 15) is 9.18 Å². The first kappa shape index (κ1) is 14.0. The number of pyridine rings is 1. The van der Waals surface area contributed by atoms with Crippen LogP contribution in [0.25, 0.3) is 0 Å². The lowest BCUT2D eigenvalue weighted by Crippen LogP contribution is -2.28.